The third-order valence-corrected chi connectivity index (χ3v) is 3.56. The molecule has 4 nitrogen and oxygen atoms in total. The van der Waals surface area contributed by atoms with Gasteiger partial charge in [0.1, 0.15) is 13.2 Å². The smallest absolute Gasteiger partial charge is 0.227 e. The second-order valence-electron chi connectivity index (χ2n) is 5.01. The van der Waals surface area contributed by atoms with Crippen LogP contribution in [0.4, 0.5) is 0 Å². The van der Waals surface area contributed by atoms with Crippen molar-refractivity contribution in [1.82, 2.24) is 0 Å². The maximum absolute atomic E-state index is 12.3. The summed E-state index contributed by atoms with van der Waals surface area (Å²) < 4.78 is 12.9. The Morgan fingerprint density at radius 2 is 1.81 bits per heavy atom. The van der Waals surface area contributed by atoms with Gasteiger partial charge in [0.25, 0.3) is 0 Å². The molecular formula is C17H18NO3+. The zero-order chi connectivity index (χ0) is 14.7. The summed E-state index contributed by atoms with van der Waals surface area (Å²) in [6.07, 6.45) is 4.88. The minimum atomic E-state index is 0.0567. The lowest BCUT2D eigenvalue weighted by Crippen LogP contribution is -2.37. The van der Waals surface area contributed by atoms with Crippen LogP contribution in [0.25, 0.3) is 0 Å². The number of hydrogen-bond acceptors (Lipinski definition) is 3. The fourth-order valence-corrected chi connectivity index (χ4v) is 2.30. The van der Waals surface area contributed by atoms with Crippen molar-refractivity contribution in [3.05, 3.63) is 53.9 Å². The summed E-state index contributed by atoms with van der Waals surface area (Å²) >= 11 is 0. The van der Waals surface area contributed by atoms with E-state index in [1.54, 1.807) is 18.2 Å². The van der Waals surface area contributed by atoms with Gasteiger partial charge in [0.05, 0.1) is 0 Å². The molecule has 0 N–H and O–H groups in total. The monoisotopic (exact) mass is 284 g/mol. The molecule has 2 aromatic rings. The van der Waals surface area contributed by atoms with Gasteiger partial charge in [0.15, 0.2) is 23.9 Å². The standard InChI is InChI=1S/C17H18NO3/c1-2-13-5-7-18(8-6-13)12-15(19)14-3-4-16-17(11-14)21-10-9-20-16/h3-8,11H,2,9-10,12H2,1H3/q+1. The number of carbonyl (C=O) groups excluding carboxylic acids is 1. The number of hydrogen-bond donors (Lipinski definition) is 0. The van der Waals surface area contributed by atoms with Crippen molar-refractivity contribution >= 4 is 5.78 Å². The number of rotatable bonds is 4. The Balaban J connectivity index is 1.75. The maximum Gasteiger partial charge on any atom is 0.227 e. The van der Waals surface area contributed by atoms with Crippen LogP contribution in [0.3, 0.4) is 0 Å². The fourth-order valence-electron chi connectivity index (χ4n) is 2.30. The Morgan fingerprint density at radius 3 is 2.52 bits per heavy atom. The van der Waals surface area contributed by atoms with Gasteiger partial charge >= 0.3 is 0 Å². The summed E-state index contributed by atoms with van der Waals surface area (Å²) in [6.45, 7) is 3.52. The average Bonchev–Trinajstić information content (AvgIpc) is 2.55. The zero-order valence-electron chi connectivity index (χ0n) is 12.0. The van der Waals surface area contributed by atoms with E-state index in [0.717, 1.165) is 6.42 Å². The largest absolute Gasteiger partial charge is 0.486 e. The van der Waals surface area contributed by atoms with Crippen LogP contribution < -0.4 is 14.0 Å². The quantitative estimate of drug-likeness (QED) is 0.638. The van der Waals surface area contributed by atoms with Gasteiger partial charge < -0.3 is 9.47 Å². The van der Waals surface area contributed by atoms with E-state index in [9.17, 15) is 4.79 Å². The number of fused-ring (bicyclic) bond motifs is 1. The lowest BCUT2D eigenvalue weighted by molar-refractivity contribution is -0.683. The summed E-state index contributed by atoms with van der Waals surface area (Å²) in [6, 6.07) is 9.43. The number of aryl methyl sites for hydroxylation is 1. The van der Waals surface area contributed by atoms with Gasteiger partial charge in [0.2, 0.25) is 12.3 Å². The highest BCUT2D eigenvalue weighted by atomic mass is 16.6. The highest BCUT2D eigenvalue weighted by Crippen LogP contribution is 2.30. The van der Waals surface area contributed by atoms with E-state index >= 15 is 0 Å². The minimum absolute atomic E-state index is 0.0567. The molecule has 3 rings (SSSR count). The van der Waals surface area contributed by atoms with Gasteiger partial charge in [-0.15, -0.1) is 0 Å². The summed E-state index contributed by atoms with van der Waals surface area (Å²) in [5.74, 6) is 1.41. The van der Waals surface area contributed by atoms with Crippen molar-refractivity contribution < 1.29 is 18.8 Å². The molecule has 0 aliphatic carbocycles. The van der Waals surface area contributed by atoms with Crippen molar-refractivity contribution in [1.29, 1.82) is 0 Å². The van der Waals surface area contributed by atoms with Gasteiger partial charge in [-0.2, -0.15) is 4.57 Å². The first-order valence-electron chi connectivity index (χ1n) is 7.17. The topological polar surface area (TPSA) is 39.4 Å². The average molecular weight is 284 g/mol. The molecule has 1 aromatic carbocycles. The Hall–Kier alpha value is -2.36. The van der Waals surface area contributed by atoms with Crippen molar-refractivity contribution in [3.63, 3.8) is 0 Å². The highest BCUT2D eigenvalue weighted by Gasteiger charge is 2.17. The highest BCUT2D eigenvalue weighted by molar-refractivity contribution is 5.95. The third-order valence-electron chi connectivity index (χ3n) is 3.56. The minimum Gasteiger partial charge on any atom is -0.486 e. The molecule has 1 aliphatic rings. The zero-order valence-corrected chi connectivity index (χ0v) is 12.0. The molecule has 0 radical (unpaired) electrons. The summed E-state index contributed by atoms with van der Waals surface area (Å²) in [7, 11) is 0. The van der Waals surface area contributed by atoms with Gasteiger partial charge in [0, 0.05) is 17.7 Å². The van der Waals surface area contributed by atoms with E-state index in [4.69, 9.17) is 9.47 Å². The van der Waals surface area contributed by atoms with Gasteiger partial charge in [-0.1, -0.05) is 6.92 Å². The molecule has 0 atom stereocenters. The second-order valence-corrected chi connectivity index (χ2v) is 5.01. The molecule has 108 valence electrons. The number of nitrogens with zero attached hydrogens (tertiary/aromatic N) is 1. The van der Waals surface area contributed by atoms with Crippen LogP contribution in [-0.4, -0.2) is 19.0 Å². The lowest BCUT2D eigenvalue weighted by atomic mass is 10.1. The number of Topliss-reactive ketones (excluding diaryl/α,β-unsaturated/α-hetero) is 1. The molecule has 1 aliphatic heterocycles. The first kappa shape index (κ1) is 13.6. The number of carbonyl (C=O) groups is 1. The normalized spacial score (nSPS) is 13.0. The molecule has 0 saturated carbocycles. The Bertz CT molecular complexity index is 650. The van der Waals surface area contributed by atoms with Crippen LogP contribution in [0, 0.1) is 0 Å². The molecule has 4 heteroatoms. The number of ketones is 1. The molecule has 0 bridgehead atoms. The molecule has 2 heterocycles. The predicted octanol–water partition coefficient (Wildman–Crippen LogP) is 2.19. The van der Waals surface area contributed by atoms with E-state index < -0.39 is 0 Å². The second kappa shape index (κ2) is 5.95. The molecule has 0 saturated heterocycles. The van der Waals surface area contributed by atoms with E-state index in [-0.39, 0.29) is 5.78 Å². The molecule has 0 spiro atoms. The van der Waals surface area contributed by atoms with Crippen molar-refractivity contribution in [2.75, 3.05) is 13.2 Å². The van der Waals surface area contributed by atoms with Gasteiger partial charge in [-0.05, 0) is 30.2 Å². The van der Waals surface area contributed by atoms with Crippen LogP contribution >= 0.6 is 0 Å². The van der Waals surface area contributed by atoms with Crippen LogP contribution in [0.2, 0.25) is 0 Å². The van der Waals surface area contributed by atoms with Crippen LogP contribution in [0.1, 0.15) is 22.8 Å². The Labute approximate surface area is 123 Å². The summed E-state index contributed by atoms with van der Waals surface area (Å²) in [4.78, 5) is 12.3. The van der Waals surface area contributed by atoms with Crippen LogP contribution in [0.5, 0.6) is 11.5 Å². The molecule has 21 heavy (non-hydrogen) atoms. The number of pyridine rings is 1. The van der Waals surface area contributed by atoms with Crippen LogP contribution in [-0.2, 0) is 13.0 Å². The van der Waals surface area contributed by atoms with Gasteiger partial charge in [-0.3, -0.25) is 4.79 Å². The molecule has 0 fully saturated rings. The Morgan fingerprint density at radius 1 is 1.10 bits per heavy atom. The fraction of sp³-hybridized carbons (Fsp3) is 0.294. The molecule has 0 amide bonds. The van der Waals surface area contributed by atoms with Crippen molar-refractivity contribution in [2.24, 2.45) is 0 Å². The molecular weight excluding hydrogens is 266 g/mol. The van der Waals surface area contributed by atoms with E-state index in [2.05, 4.69) is 6.92 Å². The Kier molecular flexibility index (Phi) is 3.86. The van der Waals surface area contributed by atoms with E-state index in [0.29, 0.717) is 36.8 Å². The number of aromatic nitrogens is 1. The van der Waals surface area contributed by atoms with E-state index in [1.807, 2.05) is 29.1 Å². The SMILES string of the molecule is CCc1cc[n+](CC(=O)c2ccc3c(c2)OCCO3)cc1. The lowest BCUT2D eigenvalue weighted by Gasteiger charge is -2.18. The van der Waals surface area contributed by atoms with Gasteiger partial charge in [-0.25, -0.2) is 0 Å². The van der Waals surface area contributed by atoms with E-state index in [1.165, 1.54) is 5.56 Å². The summed E-state index contributed by atoms with van der Waals surface area (Å²) in [5.41, 5.74) is 1.91. The third kappa shape index (κ3) is 3.05. The van der Waals surface area contributed by atoms with Crippen LogP contribution in [0.15, 0.2) is 42.7 Å². The number of ether oxygens (including phenoxy) is 2. The molecule has 0 unspecified atom stereocenters. The predicted molar refractivity (Wildman–Crippen MR) is 77.8 cm³/mol. The molecule has 1 aromatic heterocycles. The van der Waals surface area contributed by atoms with Crippen molar-refractivity contribution in [3.8, 4) is 11.5 Å². The first-order chi connectivity index (χ1) is 10.3. The maximum atomic E-state index is 12.3. The summed E-state index contributed by atoms with van der Waals surface area (Å²) in [5, 5.41) is 0. The van der Waals surface area contributed by atoms with Crippen molar-refractivity contribution in [2.45, 2.75) is 19.9 Å². The number of benzene rings is 1. The first-order valence-corrected chi connectivity index (χ1v) is 7.17.